The van der Waals surface area contributed by atoms with Crippen molar-refractivity contribution in [3.8, 4) is 0 Å². The fourth-order valence-electron chi connectivity index (χ4n) is 1.53. The predicted molar refractivity (Wildman–Crippen MR) is 78.5 cm³/mol. The van der Waals surface area contributed by atoms with Gasteiger partial charge >= 0.3 is 5.97 Å². The molecule has 20 heavy (non-hydrogen) atoms. The number of hydrogen-bond acceptors (Lipinski definition) is 4. The second kappa shape index (κ2) is 6.52. The summed E-state index contributed by atoms with van der Waals surface area (Å²) in [4.78, 5) is 23.1. The van der Waals surface area contributed by atoms with Gasteiger partial charge in [-0.2, -0.15) is 0 Å². The van der Waals surface area contributed by atoms with Crippen LogP contribution in [0.3, 0.4) is 0 Å². The lowest BCUT2D eigenvalue weighted by atomic mass is 9.85. The Morgan fingerprint density at radius 3 is 2.25 bits per heavy atom. The summed E-state index contributed by atoms with van der Waals surface area (Å²) >= 11 is 0. The number of benzene rings is 1. The van der Waals surface area contributed by atoms with Crippen molar-refractivity contribution in [2.24, 2.45) is 11.1 Å². The summed E-state index contributed by atoms with van der Waals surface area (Å²) in [6.45, 7) is 5.99. The number of ether oxygens (including phenoxy) is 1. The Morgan fingerprint density at radius 2 is 1.80 bits per heavy atom. The molecule has 1 aromatic rings. The third-order valence-electron chi connectivity index (χ3n) is 3.11. The Kier molecular flexibility index (Phi) is 5.27. The molecule has 5 nitrogen and oxygen atoms in total. The van der Waals surface area contributed by atoms with E-state index in [4.69, 9.17) is 5.73 Å². The highest BCUT2D eigenvalue weighted by Gasteiger charge is 2.23. The zero-order valence-electron chi connectivity index (χ0n) is 12.4. The Balaban J connectivity index is 2.61. The molecule has 0 aromatic heterocycles. The van der Waals surface area contributed by atoms with Gasteiger partial charge in [0.25, 0.3) is 0 Å². The molecule has 0 heterocycles. The average Bonchev–Trinajstić information content (AvgIpc) is 2.37. The molecule has 1 unspecified atom stereocenters. The van der Waals surface area contributed by atoms with E-state index in [1.807, 2.05) is 20.8 Å². The monoisotopic (exact) mass is 278 g/mol. The fourth-order valence-corrected chi connectivity index (χ4v) is 1.53. The van der Waals surface area contributed by atoms with Gasteiger partial charge in [-0.3, -0.25) is 4.79 Å². The van der Waals surface area contributed by atoms with Gasteiger partial charge in [0, 0.05) is 18.2 Å². The second-order valence-corrected chi connectivity index (χ2v) is 5.79. The smallest absolute Gasteiger partial charge is 0.337 e. The molecule has 0 aliphatic heterocycles. The van der Waals surface area contributed by atoms with Crippen LogP contribution in [0.15, 0.2) is 24.3 Å². The number of carbonyl (C=O) groups is 2. The first kappa shape index (κ1) is 16.2. The van der Waals surface area contributed by atoms with Crippen LogP contribution in [-0.2, 0) is 9.53 Å². The van der Waals surface area contributed by atoms with Crippen LogP contribution in [0, 0.1) is 5.41 Å². The van der Waals surface area contributed by atoms with Gasteiger partial charge in [-0.25, -0.2) is 4.79 Å². The SMILES string of the molecule is COC(=O)c1ccc(NC(=O)CC(N)C(C)(C)C)cc1. The standard InChI is InChI=1S/C15H22N2O3/c1-15(2,3)12(16)9-13(18)17-11-7-5-10(6-8-11)14(19)20-4/h5-8,12H,9,16H2,1-4H3,(H,17,18). The van der Waals surface area contributed by atoms with Crippen molar-refractivity contribution in [3.05, 3.63) is 29.8 Å². The Hall–Kier alpha value is -1.88. The maximum absolute atomic E-state index is 11.9. The molecule has 0 saturated heterocycles. The molecule has 3 N–H and O–H groups in total. The van der Waals surface area contributed by atoms with Crippen LogP contribution < -0.4 is 11.1 Å². The van der Waals surface area contributed by atoms with E-state index in [9.17, 15) is 9.59 Å². The molecule has 0 aliphatic carbocycles. The summed E-state index contributed by atoms with van der Waals surface area (Å²) in [7, 11) is 1.33. The van der Waals surface area contributed by atoms with Gasteiger partial charge in [0.1, 0.15) is 0 Å². The summed E-state index contributed by atoms with van der Waals surface area (Å²) in [5.74, 6) is -0.545. The Bertz CT molecular complexity index is 475. The van der Waals surface area contributed by atoms with Gasteiger partial charge in [-0.15, -0.1) is 0 Å². The van der Waals surface area contributed by atoms with Gasteiger partial charge in [-0.1, -0.05) is 20.8 Å². The number of nitrogens with two attached hydrogens (primary N) is 1. The van der Waals surface area contributed by atoms with Gasteiger partial charge in [-0.05, 0) is 29.7 Å². The lowest BCUT2D eigenvalue weighted by Crippen LogP contribution is -2.38. The van der Waals surface area contributed by atoms with Crippen molar-refractivity contribution < 1.29 is 14.3 Å². The summed E-state index contributed by atoms with van der Waals surface area (Å²) in [5, 5.41) is 2.76. The maximum atomic E-state index is 11.9. The van der Waals surface area contributed by atoms with E-state index < -0.39 is 5.97 Å². The highest BCUT2D eigenvalue weighted by molar-refractivity contribution is 5.93. The van der Waals surface area contributed by atoms with Crippen molar-refractivity contribution in [2.45, 2.75) is 33.2 Å². The molecule has 0 radical (unpaired) electrons. The van der Waals surface area contributed by atoms with Crippen molar-refractivity contribution >= 4 is 17.6 Å². The van der Waals surface area contributed by atoms with E-state index in [0.717, 1.165) is 0 Å². The Labute approximate surface area is 119 Å². The van der Waals surface area contributed by atoms with Crippen molar-refractivity contribution in [3.63, 3.8) is 0 Å². The molecule has 1 amide bonds. The predicted octanol–water partition coefficient (Wildman–Crippen LogP) is 2.18. The number of carbonyl (C=O) groups excluding carboxylic acids is 2. The number of amides is 1. The van der Waals surface area contributed by atoms with Crippen LogP contribution in [0.4, 0.5) is 5.69 Å². The molecule has 0 aliphatic rings. The van der Waals surface area contributed by atoms with Crippen LogP contribution in [0.25, 0.3) is 0 Å². The highest BCUT2D eigenvalue weighted by Crippen LogP contribution is 2.20. The number of esters is 1. The summed E-state index contributed by atoms with van der Waals surface area (Å²) in [6, 6.07) is 6.31. The quantitative estimate of drug-likeness (QED) is 0.827. The van der Waals surface area contributed by atoms with Crippen molar-refractivity contribution in [1.82, 2.24) is 0 Å². The molecule has 1 aromatic carbocycles. The molecule has 110 valence electrons. The maximum Gasteiger partial charge on any atom is 0.337 e. The molecule has 1 atom stereocenters. The van der Waals surface area contributed by atoms with Crippen LogP contribution in [0.1, 0.15) is 37.6 Å². The van der Waals surface area contributed by atoms with E-state index in [0.29, 0.717) is 11.3 Å². The fraction of sp³-hybridized carbons (Fsp3) is 0.467. The number of rotatable bonds is 4. The first-order valence-corrected chi connectivity index (χ1v) is 6.48. The number of hydrogen-bond donors (Lipinski definition) is 2. The molecule has 0 fully saturated rings. The number of anilines is 1. The van der Waals surface area contributed by atoms with Crippen molar-refractivity contribution in [1.29, 1.82) is 0 Å². The van der Waals surface area contributed by atoms with Gasteiger partial charge in [0.05, 0.1) is 12.7 Å². The molecule has 0 spiro atoms. The second-order valence-electron chi connectivity index (χ2n) is 5.79. The molecular formula is C15H22N2O3. The zero-order valence-corrected chi connectivity index (χ0v) is 12.4. The summed E-state index contributed by atoms with van der Waals surface area (Å²) < 4.78 is 4.60. The lowest BCUT2D eigenvalue weighted by Gasteiger charge is -2.26. The van der Waals surface area contributed by atoms with Gasteiger partial charge in [0.2, 0.25) is 5.91 Å². The van der Waals surface area contributed by atoms with Gasteiger partial charge < -0.3 is 15.8 Å². The molecule has 1 rings (SSSR count). The third-order valence-corrected chi connectivity index (χ3v) is 3.11. The van der Waals surface area contributed by atoms with E-state index in [-0.39, 0.29) is 23.8 Å². The van der Waals surface area contributed by atoms with E-state index >= 15 is 0 Å². The highest BCUT2D eigenvalue weighted by atomic mass is 16.5. The third kappa shape index (κ3) is 4.66. The van der Waals surface area contributed by atoms with E-state index in [1.165, 1.54) is 7.11 Å². The molecule has 5 heteroatoms. The lowest BCUT2D eigenvalue weighted by molar-refractivity contribution is -0.117. The van der Waals surface area contributed by atoms with E-state index in [2.05, 4.69) is 10.1 Å². The molecular weight excluding hydrogens is 256 g/mol. The minimum Gasteiger partial charge on any atom is -0.465 e. The minimum absolute atomic E-state index is 0.119. The summed E-state index contributed by atoms with van der Waals surface area (Å²) in [5.41, 5.74) is 6.92. The summed E-state index contributed by atoms with van der Waals surface area (Å²) in [6.07, 6.45) is 0.252. The number of nitrogens with one attached hydrogen (secondary N) is 1. The normalized spacial score (nSPS) is 12.7. The van der Waals surface area contributed by atoms with Crippen LogP contribution in [0.5, 0.6) is 0 Å². The van der Waals surface area contributed by atoms with Crippen LogP contribution in [-0.4, -0.2) is 25.0 Å². The topological polar surface area (TPSA) is 81.4 Å². The zero-order chi connectivity index (χ0) is 15.3. The molecule has 0 saturated carbocycles. The average molecular weight is 278 g/mol. The largest absolute Gasteiger partial charge is 0.465 e. The van der Waals surface area contributed by atoms with Crippen LogP contribution >= 0.6 is 0 Å². The first-order chi connectivity index (χ1) is 9.24. The van der Waals surface area contributed by atoms with E-state index in [1.54, 1.807) is 24.3 Å². The minimum atomic E-state index is -0.405. The van der Waals surface area contributed by atoms with Crippen molar-refractivity contribution in [2.75, 3.05) is 12.4 Å². The van der Waals surface area contributed by atoms with Crippen LogP contribution in [0.2, 0.25) is 0 Å². The number of methoxy groups -OCH3 is 1. The first-order valence-electron chi connectivity index (χ1n) is 6.48. The van der Waals surface area contributed by atoms with Gasteiger partial charge in [0.15, 0.2) is 0 Å². The Morgan fingerprint density at radius 1 is 1.25 bits per heavy atom. The molecule has 0 bridgehead atoms.